The fraction of sp³-hybridized carbons (Fsp3) is 0.562. The van der Waals surface area contributed by atoms with Gasteiger partial charge in [-0.25, -0.2) is 0 Å². The van der Waals surface area contributed by atoms with E-state index >= 15 is 0 Å². The molecule has 3 rings (SSSR count). The Morgan fingerprint density at radius 2 is 1.95 bits per heavy atom. The predicted molar refractivity (Wildman–Crippen MR) is 78.1 cm³/mol. The molecular weight excluding hydrogens is 252 g/mol. The molecule has 0 bridgehead atoms. The highest BCUT2D eigenvalue weighted by atomic mass is 16.3. The second-order valence-corrected chi connectivity index (χ2v) is 6.38. The summed E-state index contributed by atoms with van der Waals surface area (Å²) in [6.07, 6.45) is 3.34. The van der Waals surface area contributed by atoms with Gasteiger partial charge >= 0.3 is 0 Å². The van der Waals surface area contributed by atoms with Crippen molar-refractivity contribution in [1.82, 2.24) is 4.90 Å². The zero-order valence-electron chi connectivity index (χ0n) is 11.9. The second-order valence-electron chi connectivity index (χ2n) is 6.38. The van der Waals surface area contributed by atoms with Crippen molar-refractivity contribution in [3.63, 3.8) is 0 Å². The Hall–Kier alpha value is -1.55. The van der Waals surface area contributed by atoms with Gasteiger partial charge in [0.25, 0.3) is 0 Å². The standard InChI is InChI=1S/C16H22N2O2/c1-18(10-11-8-14(19)9-11)15(20)16(6-7-16)12-2-4-13(17)5-3-12/h2-5,11,14,19H,6-10,17H2,1H3. The Morgan fingerprint density at radius 3 is 2.45 bits per heavy atom. The Labute approximate surface area is 119 Å². The lowest BCUT2D eigenvalue weighted by Crippen LogP contribution is -2.43. The monoisotopic (exact) mass is 274 g/mol. The smallest absolute Gasteiger partial charge is 0.232 e. The van der Waals surface area contributed by atoms with Gasteiger partial charge in [-0.05, 0) is 49.3 Å². The molecule has 0 aliphatic heterocycles. The van der Waals surface area contributed by atoms with Crippen molar-refractivity contribution in [2.24, 2.45) is 5.92 Å². The molecule has 4 heteroatoms. The maximum atomic E-state index is 12.7. The van der Waals surface area contributed by atoms with Gasteiger partial charge in [0, 0.05) is 19.3 Å². The molecule has 0 aromatic heterocycles. The topological polar surface area (TPSA) is 66.6 Å². The molecule has 20 heavy (non-hydrogen) atoms. The molecule has 0 heterocycles. The van der Waals surface area contributed by atoms with Crippen molar-refractivity contribution in [2.45, 2.75) is 37.2 Å². The van der Waals surface area contributed by atoms with Crippen LogP contribution in [0.2, 0.25) is 0 Å². The maximum absolute atomic E-state index is 12.7. The average Bonchev–Trinajstić information content (AvgIpc) is 3.18. The highest BCUT2D eigenvalue weighted by Gasteiger charge is 2.52. The number of hydrogen-bond acceptors (Lipinski definition) is 3. The number of amides is 1. The zero-order valence-corrected chi connectivity index (χ0v) is 11.9. The molecule has 2 aliphatic carbocycles. The molecule has 0 radical (unpaired) electrons. The number of nitrogen functional groups attached to an aromatic ring is 1. The van der Waals surface area contributed by atoms with Crippen LogP contribution >= 0.6 is 0 Å². The van der Waals surface area contributed by atoms with Gasteiger partial charge in [-0.3, -0.25) is 4.79 Å². The molecule has 2 saturated carbocycles. The van der Waals surface area contributed by atoms with Crippen LogP contribution in [0.5, 0.6) is 0 Å². The van der Waals surface area contributed by atoms with Crippen LogP contribution in [0.25, 0.3) is 0 Å². The quantitative estimate of drug-likeness (QED) is 0.818. The first kappa shape index (κ1) is 13.4. The van der Waals surface area contributed by atoms with E-state index in [0.29, 0.717) is 5.92 Å². The van der Waals surface area contributed by atoms with E-state index in [-0.39, 0.29) is 17.4 Å². The zero-order chi connectivity index (χ0) is 14.3. The van der Waals surface area contributed by atoms with Crippen LogP contribution < -0.4 is 5.73 Å². The van der Waals surface area contributed by atoms with E-state index in [2.05, 4.69) is 0 Å². The van der Waals surface area contributed by atoms with Gasteiger partial charge in [-0.15, -0.1) is 0 Å². The third kappa shape index (κ3) is 2.29. The summed E-state index contributed by atoms with van der Waals surface area (Å²) in [7, 11) is 1.88. The third-order valence-electron chi connectivity index (χ3n) is 4.71. The van der Waals surface area contributed by atoms with Crippen molar-refractivity contribution in [3.8, 4) is 0 Å². The second kappa shape index (κ2) is 4.77. The first-order valence-corrected chi connectivity index (χ1v) is 7.31. The van der Waals surface area contributed by atoms with Crippen molar-refractivity contribution in [2.75, 3.05) is 19.3 Å². The largest absolute Gasteiger partial charge is 0.399 e. The van der Waals surface area contributed by atoms with Gasteiger partial charge in [-0.2, -0.15) is 0 Å². The highest BCUT2D eigenvalue weighted by Crippen LogP contribution is 2.49. The lowest BCUT2D eigenvalue weighted by Gasteiger charge is -2.35. The number of carbonyl (C=O) groups is 1. The number of nitrogens with zero attached hydrogens (tertiary/aromatic N) is 1. The van der Waals surface area contributed by atoms with Crippen molar-refractivity contribution in [1.29, 1.82) is 0 Å². The average molecular weight is 274 g/mol. The summed E-state index contributed by atoms with van der Waals surface area (Å²) < 4.78 is 0. The van der Waals surface area contributed by atoms with E-state index in [1.165, 1.54) is 0 Å². The fourth-order valence-corrected chi connectivity index (χ4v) is 3.24. The number of benzene rings is 1. The van der Waals surface area contributed by atoms with E-state index < -0.39 is 0 Å². The minimum atomic E-state index is -0.315. The van der Waals surface area contributed by atoms with Crippen LogP contribution in [0, 0.1) is 5.92 Å². The summed E-state index contributed by atoms with van der Waals surface area (Å²) >= 11 is 0. The minimum absolute atomic E-state index is 0.157. The lowest BCUT2D eigenvalue weighted by atomic mass is 9.82. The number of rotatable bonds is 4. The SMILES string of the molecule is CN(CC1CC(O)C1)C(=O)C1(c2ccc(N)cc2)CC1. The van der Waals surface area contributed by atoms with Crippen LogP contribution in [0.4, 0.5) is 5.69 Å². The summed E-state index contributed by atoms with van der Waals surface area (Å²) in [4.78, 5) is 14.5. The van der Waals surface area contributed by atoms with E-state index in [1.807, 2.05) is 36.2 Å². The fourth-order valence-electron chi connectivity index (χ4n) is 3.24. The number of nitrogens with two attached hydrogens (primary N) is 1. The molecule has 1 aromatic carbocycles. The van der Waals surface area contributed by atoms with E-state index in [1.54, 1.807) is 0 Å². The summed E-state index contributed by atoms with van der Waals surface area (Å²) in [5.41, 5.74) is 7.21. The molecule has 0 saturated heterocycles. The number of anilines is 1. The van der Waals surface area contributed by atoms with Gasteiger partial charge < -0.3 is 15.7 Å². The van der Waals surface area contributed by atoms with Gasteiger partial charge in [0.15, 0.2) is 0 Å². The molecule has 0 atom stereocenters. The molecule has 3 N–H and O–H groups in total. The molecule has 0 unspecified atom stereocenters. The van der Waals surface area contributed by atoms with Crippen molar-refractivity contribution >= 4 is 11.6 Å². The minimum Gasteiger partial charge on any atom is -0.399 e. The van der Waals surface area contributed by atoms with Crippen LogP contribution in [-0.4, -0.2) is 35.6 Å². The molecular formula is C16H22N2O2. The number of likely N-dealkylation sites (N-methyl/N-ethyl adjacent to an activating group) is 1. The van der Waals surface area contributed by atoms with Crippen LogP contribution in [0.3, 0.4) is 0 Å². The van der Waals surface area contributed by atoms with Gasteiger partial charge in [0.1, 0.15) is 0 Å². The number of aliphatic hydroxyl groups excluding tert-OH is 1. The predicted octanol–water partition coefficient (Wildman–Crippen LogP) is 1.53. The van der Waals surface area contributed by atoms with Gasteiger partial charge in [0.2, 0.25) is 5.91 Å². The van der Waals surface area contributed by atoms with Crippen molar-refractivity contribution < 1.29 is 9.90 Å². The van der Waals surface area contributed by atoms with E-state index in [9.17, 15) is 9.90 Å². The number of carbonyl (C=O) groups excluding carboxylic acids is 1. The first-order valence-electron chi connectivity index (χ1n) is 7.31. The molecule has 2 fully saturated rings. The van der Waals surface area contributed by atoms with Crippen LogP contribution in [0.1, 0.15) is 31.2 Å². The third-order valence-corrected chi connectivity index (χ3v) is 4.71. The number of aliphatic hydroxyl groups is 1. The van der Waals surface area contributed by atoms with E-state index in [0.717, 1.165) is 43.5 Å². The Balaban J connectivity index is 1.68. The number of hydrogen-bond donors (Lipinski definition) is 2. The highest BCUT2D eigenvalue weighted by molar-refractivity contribution is 5.91. The van der Waals surface area contributed by atoms with Crippen LogP contribution in [0.15, 0.2) is 24.3 Å². The molecule has 1 aromatic rings. The summed E-state index contributed by atoms with van der Waals surface area (Å²) in [6.45, 7) is 0.757. The molecule has 2 aliphatic rings. The van der Waals surface area contributed by atoms with E-state index in [4.69, 9.17) is 5.73 Å². The molecule has 108 valence electrons. The Bertz CT molecular complexity index is 502. The molecule has 0 spiro atoms. The molecule has 4 nitrogen and oxygen atoms in total. The van der Waals surface area contributed by atoms with Gasteiger partial charge in [0.05, 0.1) is 11.5 Å². The normalized spacial score (nSPS) is 26.7. The van der Waals surface area contributed by atoms with Crippen molar-refractivity contribution in [3.05, 3.63) is 29.8 Å². The first-order chi connectivity index (χ1) is 9.51. The Kier molecular flexibility index (Phi) is 3.21. The molecule has 1 amide bonds. The summed E-state index contributed by atoms with van der Waals surface area (Å²) in [5, 5.41) is 9.33. The van der Waals surface area contributed by atoms with Gasteiger partial charge in [-0.1, -0.05) is 12.1 Å². The summed E-state index contributed by atoms with van der Waals surface area (Å²) in [6, 6.07) is 7.68. The maximum Gasteiger partial charge on any atom is 0.232 e. The Morgan fingerprint density at radius 1 is 1.35 bits per heavy atom. The lowest BCUT2D eigenvalue weighted by molar-refractivity contribution is -0.134. The summed E-state index contributed by atoms with van der Waals surface area (Å²) in [5.74, 6) is 0.671. The van der Waals surface area contributed by atoms with Crippen LogP contribution in [-0.2, 0) is 10.2 Å².